The number of fused-ring (bicyclic) bond motifs is 3. The van der Waals surface area contributed by atoms with Crippen molar-refractivity contribution in [3.63, 3.8) is 0 Å². The van der Waals surface area contributed by atoms with Crippen molar-refractivity contribution in [2.45, 2.75) is 26.3 Å². The van der Waals surface area contributed by atoms with E-state index in [1.165, 1.54) is 11.0 Å². The van der Waals surface area contributed by atoms with Crippen LogP contribution in [0.2, 0.25) is 0 Å². The summed E-state index contributed by atoms with van der Waals surface area (Å²) in [5.74, 6) is -1.60. The Bertz CT molecular complexity index is 1190. The summed E-state index contributed by atoms with van der Waals surface area (Å²) >= 11 is 0. The number of alkyl carbamates (subject to hydrolysis) is 1. The van der Waals surface area contributed by atoms with Gasteiger partial charge in [-0.3, -0.25) is 9.59 Å². The molecule has 8 nitrogen and oxygen atoms in total. The third-order valence-electron chi connectivity index (χ3n) is 6.21. The first kappa shape index (κ1) is 24.1. The number of ether oxygens (including phenoxy) is 1. The zero-order chi connectivity index (χ0) is 24.9. The highest BCUT2D eigenvalue weighted by molar-refractivity contribution is 5.91. The normalized spacial score (nSPS) is 13.0. The lowest BCUT2D eigenvalue weighted by atomic mass is 9.98. The van der Waals surface area contributed by atoms with Gasteiger partial charge >= 0.3 is 12.1 Å². The Morgan fingerprint density at radius 2 is 1.66 bits per heavy atom. The fraction of sp³-hybridized carbons (Fsp3) is 0.296. The van der Waals surface area contributed by atoms with Gasteiger partial charge < -0.3 is 24.5 Å². The molecule has 0 spiro atoms. The molecule has 0 radical (unpaired) electrons. The molecular formula is C27H28N2O6. The van der Waals surface area contributed by atoms with Gasteiger partial charge in [-0.1, -0.05) is 55.5 Å². The van der Waals surface area contributed by atoms with E-state index in [0.29, 0.717) is 12.3 Å². The Kier molecular flexibility index (Phi) is 7.19. The maximum atomic E-state index is 12.7. The van der Waals surface area contributed by atoms with Gasteiger partial charge in [-0.25, -0.2) is 4.79 Å². The highest BCUT2D eigenvalue weighted by Crippen LogP contribution is 2.44. The zero-order valence-electron chi connectivity index (χ0n) is 19.7. The van der Waals surface area contributed by atoms with Crippen LogP contribution < -0.4 is 5.32 Å². The number of furan rings is 1. The van der Waals surface area contributed by atoms with E-state index >= 15 is 0 Å². The van der Waals surface area contributed by atoms with Gasteiger partial charge in [0.25, 0.3) is 5.91 Å². The topological polar surface area (TPSA) is 109 Å². The number of carboxylic acid groups (broad SMARTS) is 1. The number of rotatable bonds is 9. The van der Waals surface area contributed by atoms with E-state index in [-0.39, 0.29) is 31.4 Å². The van der Waals surface area contributed by atoms with Crippen molar-refractivity contribution in [1.29, 1.82) is 0 Å². The molecule has 2 aromatic carbocycles. The molecule has 4 rings (SSSR count). The van der Waals surface area contributed by atoms with E-state index in [2.05, 4.69) is 29.6 Å². The van der Waals surface area contributed by atoms with Crippen molar-refractivity contribution in [2.75, 3.05) is 19.7 Å². The van der Waals surface area contributed by atoms with Gasteiger partial charge in [0.2, 0.25) is 0 Å². The molecule has 1 heterocycles. The molecule has 35 heavy (non-hydrogen) atoms. The van der Waals surface area contributed by atoms with E-state index < -0.39 is 23.9 Å². The number of aliphatic carboxylic acids is 1. The molecule has 1 aliphatic carbocycles. The second kappa shape index (κ2) is 10.5. The first-order valence-corrected chi connectivity index (χ1v) is 11.6. The number of nitrogens with zero attached hydrogens (tertiary/aromatic N) is 1. The minimum absolute atomic E-state index is 0.0331. The van der Waals surface area contributed by atoms with Gasteiger partial charge in [-0.05, 0) is 41.3 Å². The number of carboxylic acids is 1. The van der Waals surface area contributed by atoms with Crippen molar-refractivity contribution in [2.24, 2.45) is 5.92 Å². The molecule has 0 bridgehead atoms. The maximum absolute atomic E-state index is 12.7. The van der Waals surface area contributed by atoms with Crippen LogP contribution in [-0.2, 0) is 16.1 Å². The summed E-state index contributed by atoms with van der Waals surface area (Å²) in [5, 5.41) is 11.8. The summed E-state index contributed by atoms with van der Waals surface area (Å²) in [4.78, 5) is 37.6. The second-order valence-electron chi connectivity index (χ2n) is 8.53. The summed E-state index contributed by atoms with van der Waals surface area (Å²) in [6.07, 6.45) is -0.582. The quantitative estimate of drug-likeness (QED) is 0.471. The van der Waals surface area contributed by atoms with Crippen LogP contribution in [0.5, 0.6) is 0 Å². The van der Waals surface area contributed by atoms with Gasteiger partial charge in [0, 0.05) is 19.0 Å². The molecule has 1 atom stereocenters. The number of nitrogens with one attached hydrogen (secondary N) is 1. The van der Waals surface area contributed by atoms with E-state index in [4.69, 9.17) is 14.3 Å². The molecule has 0 aliphatic heterocycles. The van der Waals surface area contributed by atoms with Crippen LogP contribution in [0.3, 0.4) is 0 Å². The standard InChI is InChI=1S/C27H28N2O6/c1-3-29(15-17(2)26(31)32)25(30)24-13-12-18(35-24)14-28-27(33)34-16-23-21-10-6-4-8-19(21)20-9-5-7-11-22(20)23/h4-13,17,23H,3,14-16H2,1-2H3,(H,28,33)(H,31,32). The van der Waals surface area contributed by atoms with Gasteiger partial charge in [0.05, 0.1) is 12.5 Å². The SMILES string of the molecule is CCN(CC(C)C(=O)O)C(=O)c1ccc(CNC(=O)OCC2c3ccccc3-c3ccccc32)o1. The Hall–Kier alpha value is -4.07. The summed E-state index contributed by atoms with van der Waals surface area (Å²) in [6.45, 7) is 4.01. The predicted octanol–water partition coefficient (Wildman–Crippen LogP) is 4.50. The smallest absolute Gasteiger partial charge is 0.407 e. The number of benzene rings is 2. The van der Waals surface area contributed by atoms with Crippen LogP contribution in [-0.4, -0.2) is 47.7 Å². The fourth-order valence-corrected chi connectivity index (χ4v) is 4.32. The first-order valence-electron chi connectivity index (χ1n) is 11.6. The molecule has 0 saturated carbocycles. The predicted molar refractivity (Wildman–Crippen MR) is 129 cm³/mol. The number of amides is 2. The number of hydrogen-bond donors (Lipinski definition) is 2. The van der Waals surface area contributed by atoms with E-state index in [0.717, 1.165) is 22.3 Å². The lowest BCUT2D eigenvalue weighted by Gasteiger charge is -2.21. The molecule has 8 heteroatoms. The summed E-state index contributed by atoms with van der Waals surface area (Å²) in [5.41, 5.74) is 4.58. The minimum atomic E-state index is -0.969. The minimum Gasteiger partial charge on any atom is -0.481 e. The monoisotopic (exact) mass is 476 g/mol. The summed E-state index contributed by atoms with van der Waals surface area (Å²) in [6, 6.07) is 19.3. The molecule has 2 N–H and O–H groups in total. The van der Waals surface area contributed by atoms with Crippen molar-refractivity contribution < 1.29 is 28.6 Å². The van der Waals surface area contributed by atoms with Crippen LogP contribution in [0, 0.1) is 5.92 Å². The van der Waals surface area contributed by atoms with Crippen LogP contribution in [0.4, 0.5) is 4.79 Å². The Balaban J connectivity index is 1.32. The molecule has 0 saturated heterocycles. The van der Waals surface area contributed by atoms with Crippen molar-refractivity contribution in [1.82, 2.24) is 10.2 Å². The Labute approximate surface area is 203 Å². The zero-order valence-corrected chi connectivity index (χ0v) is 19.7. The molecular weight excluding hydrogens is 448 g/mol. The highest BCUT2D eigenvalue weighted by Gasteiger charge is 2.29. The summed E-state index contributed by atoms with van der Waals surface area (Å²) in [7, 11) is 0. The number of hydrogen-bond acceptors (Lipinski definition) is 5. The molecule has 1 aromatic heterocycles. The second-order valence-corrected chi connectivity index (χ2v) is 8.53. The lowest BCUT2D eigenvalue weighted by Crippen LogP contribution is -2.36. The van der Waals surface area contributed by atoms with Crippen molar-refractivity contribution >= 4 is 18.0 Å². The first-order chi connectivity index (χ1) is 16.9. The Morgan fingerprint density at radius 1 is 1.03 bits per heavy atom. The Morgan fingerprint density at radius 3 is 2.26 bits per heavy atom. The molecule has 1 aliphatic rings. The molecule has 182 valence electrons. The molecule has 2 amide bonds. The van der Waals surface area contributed by atoms with Crippen LogP contribution >= 0.6 is 0 Å². The number of carbonyl (C=O) groups excluding carboxylic acids is 2. The number of carbonyl (C=O) groups is 3. The van der Waals surface area contributed by atoms with Crippen LogP contribution in [0.25, 0.3) is 11.1 Å². The van der Waals surface area contributed by atoms with Crippen molar-refractivity contribution in [3.05, 3.63) is 83.3 Å². The van der Waals surface area contributed by atoms with E-state index in [9.17, 15) is 14.4 Å². The van der Waals surface area contributed by atoms with E-state index in [1.807, 2.05) is 24.3 Å². The molecule has 3 aromatic rings. The van der Waals surface area contributed by atoms with Gasteiger partial charge in [-0.2, -0.15) is 0 Å². The summed E-state index contributed by atoms with van der Waals surface area (Å²) < 4.78 is 11.1. The molecule has 1 unspecified atom stereocenters. The van der Waals surface area contributed by atoms with Gasteiger partial charge in [-0.15, -0.1) is 0 Å². The van der Waals surface area contributed by atoms with Gasteiger partial charge in [0.15, 0.2) is 5.76 Å². The largest absolute Gasteiger partial charge is 0.481 e. The van der Waals surface area contributed by atoms with Crippen LogP contribution in [0.15, 0.2) is 65.1 Å². The maximum Gasteiger partial charge on any atom is 0.407 e. The average Bonchev–Trinajstić information content (AvgIpc) is 3.47. The fourth-order valence-electron chi connectivity index (χ4n) is 4.32. The van der Waals surface area contributed by atoms with E-state index in [1.54, 1.807) is 19.9 Å². The third kappa shape index (κ3) is 5.21. The van der Waals surface area contributed by atoms with Gasteiger partial charge in [0.1, 0.15) is 12.4 Å². The third-order valence-corrected chi connectivity index (χ3v) is 6.21. The average molecular weight is 477 g/mol. The lowest BCUT2D eigenvalue weighted by molar-refractivity contribution is -0.141. The van der Waals surface area contributed by atoms with Crippen LogP contribution in [0.1, 0.15) is 47.2 Å². The van der Waals surface area contributed by atoms with Crippen molar-refractivity contribution in [3.8, 4) is 11.1 Å². The highest BCUT2D eigenvalue weighted by atomic mass is 16.5. The molecule has 0 fully saturated rings.